The Kier molecular flexibility index (Phi) is 4.61. The van der Waals surface area contributed by atoms with Crippen LogP contribution < -0.4 is 10.1 Å². The van der Waals surface area contributed by atoms with Crippen molar-refractivity contribution in [2.75, 3.05) is 7.05 Å². The average Bonchev–Trinajstić information content (AvgIpc) is 2.37. The highest BCUT2D eigenvalue weighted by Gasteiger charge is 2.03. The fourth-order valence-electron chi connectivity index (χ4n) is 1.94. The summed E-state index contributed by atoms with van der Waals surface area (Å²) in [6.45, 7) is 5.04. The average molecular weight is 320 g/mol. The van der Waals surface area contributed by atoms with Crippen LogP contribution in [0.25, 0.3) is 0 Å². The summed E-state index contributed by atoms with van der Waals surface area (Å²) < 4.78 is 6.98. The van der Waals surface area contributed by atoms with Gasteiger partial charge in [0.15, 0.2) is 0 Å². The lowest BCUT2D eigenvalue weighted by Crippen LogP contribution is -2.06. The third-order valence-electron chi connectivity index (χ3n) is 3.05. The van der Waals surface area contributed by atoms with E-state index in [1.54, 1.807) is 0 Å². The lowest BCUT2D eigenvalue weighted by molar-refractivity contribution is 0.481. The first-order chi connectivity index (χ1) is 9.10. The highest BCUT2D eigenvalue weighted by molar-refractivity contribution is 9.10. The molecule has 100 valence electrons. The van der Waals surface area contributed by atoms with Gasteiger partial charge < -0.3 is 10.1 Å². The molecule has 0 spiro atoms. The molecule has 1 N–H and O–H groups in total. The summed E-state index contributed by atoms with van der Waals surface area (Å²) in [6.07, 6.45) is 0. The number of ether oxygens (including phenoxy) is 1. The van der Waals surface area contributed by atoms with Crippen LogP contribution in [0.15, 0.2) is 40.9 Å². The third kappa shape index (κ3) is 3.58. The highest BCUT2D eigenvalue weighted by atomic mass is 79.9. The number of hydrogen-bond donors (Lipinski definition) is 1. The molecule has 3 heteroatoms. The zero-order valence-corrected chi connectivity index (χ0v) is 13.0. The topological polar surface area (TPSA) is 21.3 Å². The second-order valence-corrected chi connectivity index (χ2v) is 5.49. The second-order valence-electron chi connectivity index (χ2n) is 4.63. The van der Waals surface area contributed by atoms with Crippen molar-refractivity contribution in [2.45, 2.75) is 20.4 Å². The number of aryl methyl sites for hydroxylation is 2. The molecule has 0 heterocycles. The Morgan fingerprint density at radius 2 is 1.63 bits per heavy atom. The van der Waals surface area contributed by atoms with E-state index in [-0.39, 0.29) is 0 Å². The molecule has 2 aromatic carbocycles. The quantitative estimate of drug-likeness (QED) is 0.890. The largest absolute Gasteiger partial charge is 0.457 e. The van der Waals surface area contributed by atoms with Gasteiger partial charge in [-0.05, 0) is 67.9 Å². The van der Waals surface area contributed by atoms with E-state index in [4.69, 9.17) is 4.74 Å². The molecule has 0 bridgehead atoms. The lowest BCUT2D eigenvalue weighted by Gasteiger charge is -2.10. The Labute approximate surface area is 122 Å². The Hall–Kier alpha value is -1.32. The van der Waals surface area contributed by atoms with E-state index >= 15 is 0 Å². The normalized spacial score (nSPS) is 10.5. The van der Waals surface area contributed by atoms with Crippen LogP contribution >= 0.6 is 15.9 Å². The Morgan fingerprint density at radius 1 is 1.00 bits per heavy atom. The molecule has 0 aliphatic rings. The maximum Gasteiger partial charge on any atom is 0.127 e. The zero-order valence-electron chi connectivity index (χ0n) is 11.5. The molecular weight excluding hydrogens is 302 g/mol. The van der Waals surface area contributed by atoms with Gasteiger partial charge in [0.1, 0.15) is 11.5 Å². The molecule has 0 atom stereocenters. The maximum atomic E-state index is 5.89. The summed E-state index contributed by atoms with van der Waals surface area (Å²) in [5, 5.41) is 3.16. The molecule has 0 radical (unpaired) electrons. The van der Waals surface area contributed by atoms with Crippen LogP contribution in [0.2, 0.25) is 0 Å². The first-order valence-electron chi connectivity index (χ1n) is 6.28. The number of benzene rings is 2. The van der Waals surface area contributed by atoms with Crippen LogP contribution in [0.1, 0.15) is 16.7 Å². The standard InChI is InChI=1S/C16H18BrNO/c1-11-8-14(5-4-13(11)10-18-3)19-15-6-7-16(17)12(2)9-15/h4-9,18H,10H2,1-3H3. The van der Waals surface area contributed by atoms with Crippen molar-refractivity contribution in [3.63, 3.8) is 0 Å². The molecule has 0 aromatic heterocycles. The summed E-state index contributed by atoms with van der Waals surface area (Å²) in [7, 11) is 1.95. The van der Waals surface area contributed by atoms with Crippen LogP contribution in [-0.4, -0.2) is 7.05 Å². The number of halogens is 1. The molecule has 0 amide bonds. The van der Waals surface area contributed by atoms with Crippen molar-refractivity contribution in [2.24, 2.45) is 0 Å². The molecule has 2 aromatic rings. The summed E-state index contributed by atoms with van der Waals surface area (Å²) >= 11 is 3.49. The van der Waals surface area contributed by atoms with E-state index in [0.29, 0.717) is 0 Å². The van der Waals surface area contributed by atoms with Gasteiger partial charge in [0.25, 0.3) is 0 Å². The van der Waals surface area contributed by atoms with Crippen LogP contribution in [0.5, 0.6) is 11.5 Å². The van der Waals surface area contributed by atoms with Crippen molar-refractivity contribution in [3.05, 3.63) is 57.6 Å². The van der Waals surface area contributed by atoms with Crippen LogP contribution in [-0.2, 0) is 6.54 Å². The van der Waals surface area contributed by atoms with Gasteiger partial charge in [0, 0.05) is 11.0 Å². The van der Waals surface area contributed by atoms with Crippen molar-refractivity contribution in [3.8, 4) is 11.5 Å². The summed E-state index contributed by atoms with van der Waals surface area (Å²) in [5.41, 5.74) is 3.70. The van der Waals surface area contributed by atoms with E-state index in [1.807, 2.05) is 31.3 Å². The minimum absolute atomic E-state index is 0.862. The van der Waals surface area contributed by atoms with E-state index in [1.165, 1.54) is 16.7 Å². The van der Waals surface area contributed by atoms with Gasteiger partial charge >= 0.3 is 0 Å². The molecule has 19 heavy (non-hydrogen) atoms. The van der Waals surface area contributed by atoms with Crippen molar-refractivity contribution in [1.82, 2.24) is 5.32 Å². The van der Waals surface area contributed by atoms with E-state index in [9.17, 15) is 0 Å². The minimum Gasteiger partial charge on any atom is -0.457 e. The highest BCUT2D eigenvalue weighted by Crippen LogP contribution is 2.27. The molecule has 2 rings (SSSR count). The van der Waals surface area contributed by atoms with Gasteiger partial charge in [-0.1, -0.05) is 22.0 Å². The minimum atomic E-state index is 0.862. The molecule has 0 saturated carbocycles. The zero-order chi connectivity index (χ0) is 13.8. The van der Waals surface area contributed by atoms with Crippen LogP contribution in [0.3, 0.4) is 0 Å². The molecule has 0 aliphatic heterocycles. The van der Waals surface area contributed by atoms with Gasteiger partial charge in [0.2, 0.25) is 0 Å². The number of rotatable bonds is 4. The predicted octanol–water partition coefficient (Wildman–Crippen LogP) is 4.58. The van der Waals surface area contributed by atoms with Gasteiger partial charge in [-0.3, -0.25) is 0 Å². The maximum absolute atomic E-state index is 5.89. The molecule has 0 fully saturated rings. The van der Waals surface area contributed by atoms with Gasteiger partial charge in [-0.25, -0.2) is 0 Å². The summed E-state index contributed by atoms with van der Waals surface area (Å²) in [5.74, 6) is 1.74. The fourth-order valence-corrected chi connectivity index (χ4v) is 2.18. The van der Waals surface area contributed by atoms with E-state index in [2.05, 4.69) is 47.2 Å². The SMILES string of the molecule is CNCc1ccc(Oc2ccc(Br)c(C)c2)cc1C. The van der Waals surface area contributed by atoms with Crippen molar-refractivity contribution < 1.29 is 4.74 Å². The molecule has 0 aliphatic carbocycles. The predicted molar refractivity (Wildman–Crippen MR) is 82.9 cm³/mol. The molecular formula is C16H18BrNO. The third-order valence-corrected chi connectivity index (χ3v) is 3.94. The first kappa shape index (κ1) is 14.1. The van der Waals surface area contributed by atoms with Gasteiger partial charge in [-0.2, -0.15) is 0 Å². The number of nitrogens with one attached hydrogen (secondary N) is 1. The van der Waals surface area contributed by atoms with E-state index < -0.39 is 0 Å². The monoisotopic (exact) mass is 319 g/mol. The van der Waals surface area contributed by atoms with Gasteiger partial charge in [-0.15, -0.1) is 0 Å². The summed E-state index contributed by atoms with van der Waals surface area (Å²) in [4.78, 5) is 0. The Morgan fingerprint density at radius 3 is 2.21 bits per heavy atom. The van der Waals surface area contributed by atoms with Crippen molar-refractivity contribution in [1.29, 1.82) is 0 Å². The van der Waals surface area contributed by atoms with Gasteiger partial charge in [0.05, 0.1) is 0 Å². The molecule has 2 nitrogen and oxygen atoms in total. The molecule has 0 unspecified atom stereocenters. The second kappa shape index (κ2) is 6.22. The number of hydrogen-bond acceptors (Lipinski definition) is 2. The fraction of sp³-hybridized carbons (Fsp3) is 0.250. The Balaban J connectivity index is 2.19. The summed E-state index contributed by atoms with van der Waals surface area (Å²) in [6, 6.07) is 12.2. The van der Waals surface area contributed by atoms with Crippen LogP contribution in [0.4, 0.5) is 0 Å². The van der Waals surface area contributed by atoms with Crippen molar-refractivity contribution >= 4 is 15.9 Å². The lowest BCUT2D eigenvalue weighted by atomic mass is 10.1. The molecule has 0 saturated heterocycles. The smallest absolute Gasteiger partial charge is 0.127 e. The van der Waals surface area contributed by atoms with Crippen LogP contribution in [0, 0.1) is 13.8 Å². The first-order valence-corrected chi connectivity index (χ1v) is 7.07. The Bertz CT molecular complexity index is 581. The van der Waals surface area contributed by atoms with E-state index in [0.717, 1.165) is 22.5 Å².